The third kappa shape index (κ3) is 1.01. The van der Waals surface area contributed by atoms with E-state index in [1.54, 1.807) is 0 Å². The Morgan fingerprint density at radius 2 is 2.14 bits per heavy atom. The fraction of sp³-hybridized carbons (Fsp3) is 0.0833. The highest BCUT2D eigenvalue weighted by molar-refractivity contribution is 5.86. The van der Waals surface area contributed by atoms with E-state index in [0.29, 0.717) is 0 Å². The maximum Gasteiger partial charge on any atom is 0.0795 e. The average Bonchev–Trinajstić information content (AvgIpc) is 2.42. The van der Waals surface area contributed by atoms with Gasteiger partial charge >= 0.3 is 0 Å². The summed E-state index contributed by atoms with van der Waals surface area (Å²) >= 11 is 0. The Bertz CT molecular complexity index is 532. The van der Waals surface area contributed by atoms with Crippen LogP contribution in [0.5, 0.6) is 0 Å². The SMILES string of the molecule is C1=Cn2c(cc3ccccc32)CN=C1. The number of benzene rings is 1. The third-order valence-electron chi connectivity index (χ3n) is 2.51. The number of aliphatic imine (C=N–C) groups is 1. The first-order valence-electron chi connectivity index (χ1n) is 4.70. The molecule has 68 valence electrons. The number of hydrogen-bond acceptors (Lipinski definition) is 1. The summed E-state index contributed by atoms with van der Waals surface area (Å²) in [6.07, 6.45) is 5.89. The molecule has 2 aromatic rings. The Kier molecular flexibility index (Phi) is 1.53. The summed E-state index contributed by atoms with van der Waals surface area (Å²) in [5.41, 5.74) is 2.50. The molecule has 2 heterocycles. The molecule has 0 unspecified atom stereocenters. The van der Waals surface area contributed by atoms with Crippen LogP contribution < -0.4 is 0 Å². The summed E-state index contributed by atoms with van der Waals surface area (Å²) in [5.74, 6) is 0. The molecule has 0 saturated heterocycles. The van der Waals surface area contributed by atoms with Crippen LogP contribution in [0.25, 0.3) is 17.1 Å². The molecule has 0 spiro atoms. The highest BCUT2D eigenvalue weighted by Gasteiger charge is 2.05. The monoisotopic (exact) mass is 182 g/mol. The summed E-state index contributed by atoms with van der Waals surface area (Å²) in [6.45, 7) is 0.766. The molecule has 0 saturated carbocycles. The predicted octanol–water partition coefficient (Wildman–Crippen LogP) is 2.70. The third-order valence-corrected chi connectivity index (χ3v) is 2.51. The normalized spacial score (nSPS) is 14.3. The lowest BCUT2D eigenvalue weighted by molar-refractivity contribution is 0.975. The zero-order chi connectivity index (χ0) is 9.38. The summed E-state index contributed by atoms with van der Waals surface area (Å²) < 4.78 is 2.20. The van der Waals surface area contributed by atoms with Gasteiger partial charge in [0.2, 0.25) is 0 Å². The van der Waals surface area contributed by atoms with Crippen LogP contribution in [0.4, 0.5) is 0 Å². The Hall–Kier alpha value is -1.83. The van der Waals surface area contributed by atoms with E-state index in [0.717, 1.165) is 6.54 Å². The summed E-state index contributed by atoms with van der Waals surface area (Å²) in [7, 11) is 0. The van der Waals surface area contributed by atoms with Gasteiger partial charge in [0, 0.05) is 23.5 Å². The van der Waals surface area contributed by atoms with Crippen LogP contribution in [-0.2, 0) is 6.54 Å². The molecular formula is C12H10N2. The zero-order valence-electron chi connectivity index (χ0n) is 7.72. The molecule has 0 amide bonds. The lowest BCUT2D eigenvalue weighted by atomic mass is 10.2. The van der Waals surface area contributed by atoms with Crippen molar-refractivity contribution >= 4 is 23.3 Å². The topological polar surface area (TPSA) is 17.3 Å². The van der Waals surface area contributed by atoms with Gasteiger partial charge in [-0.25, -0.2) is 0 Å². The molecule has 1 aliphatic rings. The standard InChI is InChI=1S/C12H10N2/c1-2-5-12-10(4-1)8-11-9-13-6-3-7-14(11)12/h1-8H,9H2. The van der Waals surface area contributed by atoms with Crippen LogP contribution >= 0.6 is 0 Å². The van der Waals surface area contributed by atoms with E-state index in [-0.39, 0.29) is 0 Å². The number of rotatable bonds is 0. The van der Waals surface area contributed by atoms with E-state index in [1.165, 1.54) is 16.6 Å². The zero-order valence-corrected chi connectivity index (χ0v) is 7.72. The van der Waals surface area contributed by atoms with Crippen molar-refractivity contribution in [2.24, 2.45) is 4.99 Å². The Labute approximate surface area is 82.2 Å². The molecule has 1 aliphatic heterocycles. The van der Waals surface area contributed by atoms with E-state index in [1.807, 2.05) is 12.3 Å². The highest BCUT2D eigenvalue weighted by atomic mass is 15.0. The second-order valence-corrected chi connectivity index (χ2v) is 3.40. The van der Waals surface area contributed by atoms with E-state index in [2.05, 4.69) is 46.1 Å². The Morgan fingerprint density at radius 1 is 1.21 bits per heavy atom. The van der Waals surface area contributed by atoms with Crippen molar-refractivity contribution in [2.75, 3.05) is 0 Å². The first kappa shape index (κ1) is 7.56. The molecular weight excluding hydrogens is 172 g/mol. The molecule has 1 aromatic heterocycles. The first-order valence-corrected chi connectivity index (χ1v) is 4.70. The molecule has 0 radical (unpaired) electrons. The van der Waals surface area contributed by atoms with Crippen LogP contribution in [0, 0.1) is 0 Å². The second-order valence-electron chi connectivity index (χ2n) is 3.40. The van der Waals surface area contributed by atoms with Crippen molar-refractivity contribution in [3.05, 3.63) is 42.1 Å². The summed E-state index contributed by atoms with van der Waals surface area (Å²) in [5, 5.41) is 1.28. The van der Waals surface area contributed by atoms with Gasteiger partial charge in [0.1, 0.15) is 0 Å². The lowest BCUT2D eigenvalue weighted by Gasteiger charge is -1.99. The minimum atomic E-state index is 0.766. The first-order chi connectivity index (χ1) is 6.95. The van der Waals surface area contributed by atoms with E-state index >= 15 is 0 Å². The molecule has 1 aromatic carbocycles. The van der Waals surface area contributed by atoms with Crippen molar-refractivity contribution < 1.29 is 0 Å². The predicted molar refractivity (Wildman–Crippen MR) is 59.5 cm³/mol. The minimum absolute atomic E-state index is 0.766. The molecule has 0 atom stereocenters. The van der Waals surface area contributed by atoms with Crippen LogP contribution in [0.1, 0.15) is 5.69 Å². The van der Waals surface area contributed by atoms with E-state index < -0.39 is 0 Å². The molecule has 0 fully saturated rings. The average molecular weight is 182 g/mol. The van der Waals surface area contributed by atoms with Crippen LogP contribution in [0.2, 0.25) is 0 Å². The maximum absolute atomic E-state index is 4.27. The molecule has 14 heavy (non-hydrogen) atoms. The van der Waals surface area contributed by atoms with E-state index in [9.17, 15) is 0 Å². The Balaban J connectivity index is 2.37. The van der Waals surface area contributed by atoms with Gasteiger partial charge in [-0.05, 0) is 18.2 Å². The molecule has 3 rings (SSSR count). The number of hydrogen-bond donors (Lipinski definition) is 0. The van der Waals surface area contributed by atoms with Gasteiger partial charge in [-0.2, -0.15) is 0 Å². The van der Waals surface area contributed by atoms with Crippen molar-refractivity contribution in [1.82, 2.24) is 4.57 Å². The van der Waals surface area contributed by atoms with Crippen molar-refractivity contribution in [1.29, 1.82) is 0 Å². The largest absolute Gasteiger partial charge is 0.318 e. The number of para-hydroxylation sites is 1. The van der Waals surface area contributed by atoms with Crippen molar-refractivity contribution in [3.8, 4) is 0 Å². The number of nitrogens with zero attached hydrogens (tertiary/aromatic N) is 2. The number of allylic oxidation sites excluding steroid dienone is 1. The summed E-state index contributed by atoms with van der Waals surface area (Å²) in [6, 6.07) is 10.6. The molecule has 0 bridgehead atoms. The van der Waals surface area contributed by atoms with Crippen LogP contribution in [0.3, 0.4) is 0 Å². The van der Waals surface area contributed by atoms with Crippen LogP contribution in [0.15, 0.2) is 41.4 Å². The van der Waals surface area contributed by atoms with Gasteiger partial charge in [0.25, 0.3) is 0 Å². The van der Waals surface area contributed by atoms with Gasteiger partial charge < -0.3 is 4.57 Å². The van der Waals surface area contributed by atoms with Gasteiger partial charge in [-0.1, -0.05) is 18.2 Å². The quantitative estimate of drug-likeness (QED) is 0.596. The number of aromatic nitrogens is 1. The van der Waals surface area contributed by atoms with E-state index in [4.69, 9.17) is 0 Å². The summed E-state index contributed by atoms with van der Waals surface area (Å²) in [4.78, 5) is 4.27. The lowest BCUT2D eigenvalue weighted by Crippen LogP contribution is -1.90. The van der Waals surface area contributed by atoms with Gasteiger partial charge in [0.15, 0.2) is 0 Å². The number of fused-ring (bicyclic) bond motifs is 3. The Morgan fingerprint density at radius 3 is 3.14 bits per heavy atom. The fourth-order valence-corrected chi connectivity index (χ4v) is 1.86. The molecule has 2 heteroatoms. The van der Waals surface area contributed by atoms with Crippen LogP contribution in [-0.4, -0.2) is 10.8 Å². The van der Waals surface area contributed by atoms with Gasteiger partial charge in [0.05, 0.1) is 12.1 Å². The van der Waals surface area contributed by atoms with Gasteiger partial charge in [-0.15, -0.1) is 0 Å². The smallest absolute Gasteiger partial charge is 0.0795 e. The molecule has 2 nitrogen and oxygen atoms in total. The second kappa shape index (κ2) is 2.84. The maximum atomic E-state index is 4.27. The molecule has 0 N–H and O–H groups in total. The van der Waals surface area contributed by atoms with Gasteiger partial charge in [-0.3, -0.25) is 4.99 Å². The highest BCUT2D eigenvalue weighted by Crippen LogP contribution is 2.21. The van der Waals surface area contributed by atoms with Crippen molar-refractivity contribution in [3.63, 3.8) is 0 Å². The minimum Gasteiger partial charge on any atom is -0.318 e. The fourth-order valence-electron chi connectivity index (χ4n) is 1.86. The van der Waals surface area contributed by atoms with Crippen molar-refractivity contribution in [2.45, 2.75) is 6.54 Å². The molecule has 0 aliphatic carbocycles.